The van der Waals surface area contributed by atoms with E-state index in [1.54, 1.807) is 48.0 Å². The number of aromatic nitrogens is 1. The lowest BCUT2D eigenvalue weighted by molar-refractivity contribution is 0.0957. The predicted octanol–water partition coefficient (Wildman–Crippen LogP) is 4.21. The van der Waals surface area contributed by atoms with E-state index in [9.17, 15) is 13.2 Å². The highest BCUT2D eigenvalue weighted by Crippen LogP contribution is 2.29. The zero-order chi connectivity index (χ0) is 20.1. The SMILES string of the molecule is CC(C)c1ccc(S(=O)(=O)C(CNC(=O)c2cccs2)c2cccnc2)cc1. The number of nitrogens with zero attached hydrogens (tertiary/aromatic N) is 1. The molecule has 2 aromatic heterocycles. The van der Waals surface area contributed by atoms with E-state index < -0.39 is 15.1 Å². The van der Waals surface area contributed by atoms with Gasteiger partial charge in [0.05, 0.1) is 9.77 Å². The molecular weight excluding hydrogens is 392 g/mol. The molecule has 0 radical (unpaired) electrons. The number of benzene rings is 1. The van der Waals surface area contributed by atoms with Gasteiger partial charge in [-0.2, -0.15) is 0 Å². The number of pyridine rings is 1. The smallest absolute Gasteiger partial charge is 0.261 e. The van der Waals surface area contributed by atoms with Crippen molar-refractivity contribution < 1.29 is 13.2 Å². The van der Waals surface area contributed by atoms with E-state index in [0.717, 1.165) is 5.56 Å². The van der Waals surface area contributed by atoms with Crippen LogP contribution in [0.3, 0.4) is 0 Å². The standard InChI is InChI=1S/C21H22N2O3S2/c1-15(2)16-7-9-18(10-8-16)28(25,26)20(17-5-3-11-22-13-17)14-23-21(24)19-6-4-12-27-19/h3-13,15,20H,14H2,1-2H3,(H,23,24). The van der Waals surface area contributed by atoms with Crippen molar-refractivity contribution in [3.05, 3.63) is 82.3 Å². The van der Waals surface area contributed by atoms with Crippen molar-refractivity contribution in [2.45, 2.75) is 29.9 Å². The summed E-state index contributed by atoms with van der Waals surface area (Å²) in [7, 11) is -3.71. The van der Waals surface area contributed by atoms with Gasteiger partial charge in [-0.1, -0.05) is 38.1 Å². The number of hydrogen-bond donors (Lipinski definition) is 1. The second kappa shape index (κ2) is 8.67. The molecule has 28 heavy (non-hydrogen) atoms. The summed E-state index contributed by atoms with van der Waals surface area (Å²) in [5.74, 6) is 0.0326. The van der Waals surface area contributed by atoms with E-state index in [1.165, 1.54) is 17.5 Å². The minimum Gasteiger partial charge on any atom is -0.350 e. The Labute approximate surface area is 169 Å². The van der Waals surface area contributed by atoms with E-state index in [-0.39, 0.29) is 17.3 Å². The fourth-order valence-corrected chi connectivity index (χ4v) is 5.14. The molecule has 0 fully saturated rings. The van der Waals surface area contributed by atoms with Crippen LogP contribution in [0.2, 0.25) is 0 Å². The summed E-state index contributed by atoms with van der Waals surface area (Å²) in [6.45, 7) is 4.08. The lowest BCUT2D eigenvalue weighted by Crippen LogP contribution is -2.31. The Hall–Kier alpha value is -2.51. The molecule has 0 bridgehead atoms. The molecule has 2 heterocycles. The summed E-state index contributed by atoms with van der Waals surface area (Å²) in [5.41, 5.74) is 1.62. The van der Waals surface area contributed by atoms with E-state index in [2.05, 4.69) is 24.1 Å². The third-order valence-electron chi connectivity index (χ3n) is 4.50. The van der Waals surface area contributed by atoms with Crippen LogP contribution in [0.4, 0.5) is 0 Å². The van der Waals surface area contributed by atoms with Gasteiger partial charge in [0, 0.05) is 18.9 Å². The largest absolute Gasteiger partial charge is 0.350 e. The minimum absolute atomic E-state index is 0.0311. The summed E-state index contributed by atoms with van der Waals surface area (Å²) in [4.78, 5) is 17.1. The van der Waals surface area contributed by atoms with Crippen molar-refractivity contribution in [3.8, 4) is 0 Å². The number of hydrogen-bond acceptors (Lipinski definition) is 5. The number of thiophene rings is 1. The molecule has 1 amide bonds. The van der Waals surface area contributed by atoms with Crippen LogP contribution in [0, 0.1) is 0 Å². The molecule has 1 aromatic carbocycles. The normalized spacial score (nSPS) is 12.7. The third-order valence-corrected chi connectivity index (χ3v) is 7.48. The van der Waals surface area contributed by atoms with E-state index >= 15 is 0 Å². The first-order chi connectivity index (χ1) is 13.4. The quantitative estimate of drug-likeness (QED) is 0.628. The van der Waals surface area contributed by atoms with E-state index in [4.69, 9.17) is 0 Å². The molecular formula is C21H22N2O3S2. The van der Waals surface area contributed by atoms with Gasteiger partial charge in [0.15, 0.2) is 9.84 Å². The minimum atomic E-state index is -3.71. The predicted molar refractivity (Wildman–Crippen MR) is 111 cm³/mol. The summed E-state index contributed by atoms with van der Waals surface area (Å²) in [6.07, 6.45) is 3.12. The molecule has 1 N–H and O–H groups in total. The van der Waals surface area contributed by atoms with Crippen LogP contribution in [0.25, 0.3) is 0 Å². The molecule has 0 aliphatic heterocycles. The van der Waals surface area contributed by atoms with Crippen molar-refractivity contribution in [2.75, 3.05) is 6.54 Å². The first kappa shape index (κ1) is 20.2. The van der Waals surface area contributed by atoms with Crippen molar-refractivity contribution in [1.82, 2.24) is 10.3 Å². The maximum absolute atomic E-state index is 13.3. The molecule has 0 aliphatic rings. The highest BCUT2D eigenvalue weighted by Gasteiger charge is 2.30. The molecule has 0 saturated carbocycles. The van der Waals surface area contributed by atoms with Gasteiger partial charge in [0.2, 0.25) is 0 Å². The highest BCUT2D eigenvalue weighted by molar-refractivity contribution is 7.91. The van der Waals surface area contributed by atoms with Gasteiger partial charge in [0.1, 0.15) is 5.25 Å². The van der Waals surface area contributed by atoms with Crippen molar-refractivity contribution in [2.24, 2.45) is 0 Å². The topological polar surface area (TPSA) is 76.1 Å². The molecule has 0 spiro atoms. The van der Waals surface area contributed by atoms with Gasteiger partial charge in [-0.3, -0.25) is 9.78 Å². The second-order valence-corrected chi connectivity index (χ2v) is 9.81. The Morgan fingerprint density at radius 3 is 2.39 bits per heavy atom. The van der Waals surface area contributed by atoms with Crippen LogP contribution in [0.1, 0.15) is 45.8 Å². The molecule has 0 aliphatic carbocycles. The number of amides is 1. The molecule has 1 atom stereocenters. The van der Waals surface area contributed by atoms with Gasteiger partial charge in [-0.25, -0.2) is 8.42 Å². The maximum atomic E-state index is 13.3. The van der Waals surface area contributed by atoms with Crippen LogP contribution in [0.15, 0.2) is 71.2 Å². The molecule has 5 nitrogen and oxygen atoms in total. The Morgan fingerprint density at radius 1 is 1.07 bits per heavy atom. The monoisotopic (exact) mass is 414 g/mol. The zero-order valence-electron chi connectivity index (χ0n) is 15.7. The van der Waals surface area contributed by atoms with Gasteiger partial charge < -0.3 is 5.32 Å². The summed E-state index contributed by atoms with van der Waals surface area (Å²) in [5, 5.41) is 3.64. The molecule has 3 aromatic rings. The maximum Gasteiger partial charge on any atom is 0.261 e. The summed E-state index contributed by atoms with van der Waals surface area (Å²) >= 11 is 1.31. The van der Waals surface area contributed by atoms with Gasteiger partial charge in [-0.05, 0) is 46.7 Å². The van der Waals surface area contributed by atoms with E-state index in [1.807, 2.05) is 12.1 Å². The Bertz CT molecular complexity index is 1010. The van der Waals surface area contributed by atoms with Crippen molar-refractivity contribution >= 4 is 27.1 Å². The molecule has 1 unspecified atom stereocenters. The number of rotatable bonds is 7. The zero-order valence-corrected chi connectivity index (χ0v) is 17.3. The lowest BCUT2D eigenvalue weighted by Gasteiger charge is -2.19. The van der Waals surface area contributed by atoms with Gasteiger partial charge >= 0.3 is 0 Å². The third kappa shape index (κ3) is 4.48. The lowest BCUT2D eigenvalue weighted by atomic mass is 10.0. The van der Waals surface area contributed by atoms with Crippen LogP contribution < -0.4 is 5.32 Å². The summed E-state index contributed by atoms with van der Waals surface area (Å²) in [6, 6.07) is 13.8. The average Bonchev–Trinajstić information content (AvgIpc) is 3.23. The van der Waals surface area contributed by atoms with Crippen molar-refractivity contribution in [3.63, 3.8) is 0 Å². The molecule has 7 heteroatoms. The first-order valence-electron chi connectivity index (χ1n) is 8.95. The van der Waals surface area contributed by atoms with Gasteiger partial charge in [-0.15, -0.1) is 11.3 Å². The van der Waals surface area contributed by atoms with Crippen LogP contribution in [-0.4, -0.2) is 25.9 Å². The van der Waals surface area contributed by atoms with Crippen LogP contribution in [0.5, 0.6) is 0 Å². The van der Waals surface area contributed by atoms with Crippen LogP contribution in [-0.2, 0) is 9.84 Å². The number of carbonyl (C=O) groups excluding carboxylic acids is 1. The highest BCUT2D eigenvalue weighted by atomic mass is 32.2. The second-order valence-electron chi connectivity index (χ2n) is 6.73. The van der Waals surface area contributed by atoms with E-state index in [0.29, 0.717) is 16.4 Å². The first-order valence-corrected chi connectivity index (χ1v) is 11.4. The number of nitrogens with one attached hydrogen (secondary N) is 1. The Balaban J connectivity index is 1.90. The fourth-order valence-electron chi connectivity index (χ4n) is 2.86. The average molecular weight is 415 g/mol. The Kier molecular flexibility index (Phi) is 6.26. The molecule has 3 rings (SSSR count). The number of carbonyl (C=O) groups is 1. The van der Waals surface area contributed by atoms with Crippen molar-refractivity contribution in [1.29, 1.82) is 0 Å². The van der Waals surface area contributed by atoms with Gasteiger partial charge in [0.25, 0.3) is 5.91 Å². The number of sulfone groups is 1. The molecule has 146 valence electrons. The fraction of sp³-hybridized carbons (Fsp3) is 0.238. The summed E-state index contributed by atoms with van der Waals surface area (Å²) < 4.78 is 26.7. The van der Waals surface area contributed by atoms with Crippen LogP contribution >= 0.6 is 11.3 Å². The molecule has 0 saturated heterocycles. The Morgan fingerprint density at radius 2 is 1.82 bits per heavy atom.